The van der Waals surface area contributed by atoms with Gasteiger partial charge in [-0.25, -0.2) is 0 Å². The second-order valence-corrected chi connectivity index (χ2v) is 6.95. The van der Waals surface area contributed by atoms with Gasteiger partial charge in [-0.3, -0.25) is 14.4 Å². The van der Waals surface area contributed by atoms with Crippen molar-refractivity contribution in [1.29, 1.82) is 0 Å². The molecule has 0 radical (unpaired) electrons. The third-order valence-electron chi connectivity index (χ3n) is 5.10. The summed E-state index contributed by atoms with van der Waals surface area (Å²) in [5, 5.41) is 9.00. The smallest absolute Gasteiger partial charge is 0.311 e. The SMILES string of the molecule is COc1ccc(C(=O)C2CCN(C(=O)c3c(C)coc3CC(=O)O)CC2)cc1. The van der Waals surface area contributed by atoms with Crippen LogP contribution >= 0.6 is 0 Å². The topological polar surface area (TPSA) is 97.0 Å². The van der Waals surface area contributed by atoms with Crippen LogP contribution in [0.15, 0.2) is 34.9 Å². The number of benzene rings is 1. The summed E-state index contributed by atoms with van der Waals surface area (Å²) < 4.78 is 10.4. The third-order valence-corrected chi connectivity index (χ3v) is 5.10. The van der Waals surface area contributed by atoms with E-state index in [4.69, 9.17) is 14.3 Å². The van der Waals surface area contributed by atoms with Gasteiger partial charge in [0.25, 0.3) is 5.91 Å². The highest BCUT2D eigenvalue weighted by molar-refractivity contribution is 5.99. The highest BCUT2D eigenvalue weighted by atomic mass is 16.5. The summed E-state index contributed by atoms with van der Waals surface area (Å²) >= 11 is 0. The van der Waals surface area contributed by atoms with Gasteiger partial charge in [-0.15, -0.1) is 0 Å². The van der Waals surface area contributed by atoms with Gasteiger partial charge in [-0.2, -0.15) is 0 Å². The molecule has 7 nitrogen and oxygen atoms in total. The van der Waals surface area contributed by atoms with E-state index in [2.05, 4.69) is 0 Å². The van der Waals surface area contributed by atoms with Crippen molar-refractivity contribution in [3.8, 4) is 5.75 Å². The summed E-state index contributed by atoms with van der Waals surface area (Å²) in [5.74, 6) is -0.483. The van der Waals surface area contributed by atoms with Crippen LogP contribution in [0.2, 0.25) is 0 Å². The number of hydrogen-bond acceptors (Lipinski definition) is 5. The normalized spacial score (nSPS) is 14.7. The molecule has 3 rings (SSSR count). The maximum atomic E-state index is 12.9. The molecule has 1 N–H and O–H groups in total. The number of methoxy groups -OCH3 is 1. The lowest BCUT2D eigenvalue weighted by atomic mass is 9.88. The van der Waals surface area contributed by atoms with E-state index in [0.717, 1.165) is 0 Å². The van der Waals surface area contributed by atoms with Crippen LogP contribution in [-0.2, 0) is 11.2 Å². The predicted molar refractivity (Wildman–Crippen MR) is 101 cm³/mol. The van der Waals surface area contributed by atoms with Crippen LogP contribution in [-0.4, -0.2) is 47.9 Å². The summed E-state index contributed by atoms with van der Waals surface area (Å²) in [7, 11) is 1.58. The standard InChI is InChI=1S/C21H23NO6/c1-13-12-28-17(11-18(23)24)19(13)21(26)22-9-7-15(8-10-22)20(25)14-3-5-16(27-2)6-4-14/h3-6,12,15H,7-11H2,1-2H3,(H,23,24). The van der Waals surface area contributed by atoms with Gasteiger partial charge in [0.1, 0.15) is 17.9 Å². The van der Waals surface area contributed by atoms with Gasteiger partial charge in [0.05, 0.1) is 18.9 Å². The number of aryl methyl sites for hydroxylation is 1. The van der Waals surface area contributed by atoms with Gasteiger partial charge in [0.2, 0.25) is 0 Å². The fraction of sp³-hybridized carbons (Fsp3) is 0.381. The molecule has 28 heavy (non-hydrogen) atoms. The van der Waals surface area contributed by atoms with Crippen LogP contribution in [0, 0.1) is 12.8 Å². The first kappa shape index (κ1) is 19.7. The number of carboxylic acid groups (broad SMARTS) is 1. The van der Waals surface area contributed by atoms with Crippen LogP contribution in [0.4, 0.5) is 0 Å². The third kappa shape index (κ3) is 4.08. The lowest BCUT2D eigenvalue weighted by Gasteiger charge is -2.31. The number of likely N-dealkylation sites (tertiary alicyclic amines) is 1. The summed E-state index contributed by atoms with van der Waals surface area (Å²) in [6.07, 6.45) is 2.22. The van der Waals surface area contributed by atoms with Crippen molar-refractivity contribution in [2.45, 2.75) is 26.2 Å². The average Bonchev–Trinajstić information content (AvgIpc) is 3.06. The number of amides is 1. The van der Waals surface area contributed by atoms with Crippen molar-refractivity contribution in [3.05, 3.63) is 53.0 Å². The largest absolute Gasteiger partial charge is 0.497 e. The van der Waals surface area contributed by atoms with Crippen LogP contribution in [0.1, 0.15) is 44.9 Å². The lowest BCUT2D eigenvalue weighted by Crippen LogP contribution is -2.40. The first-order valence-electron chi connectivity index (χ1n) is 9.17. The molecule has 1 fully saturated rings. The van der Waals surface area contributed by atoms with Crippen LogP contribution in [0.3, 0.4) is 0 Å². The number of hydrogen-bond donors (Lipinski definition) is 1. The Hall–Kier alpha value is -3.09. The van der Waals surface area contributed by atoms with E-state index in [1.54, 1.807) is 43.2 Å². The highest BCUT2D eigenvalue weighted by Gasteiger charge is 2.31. The van der Waals surface area contributed by atoms with Crippen LogP contribution in [0.5, 0.6) is 5.75 Å². The van der Waals surface area contributed by atoms with Crippen molar-refractivity contribution < 1.29 is 28.6 Å². The monoisotopic (exact) mass is 385 g/mol. The van der Waals surface area contributed by atoms with E-state index in [9.17, 15) is 14.4 Å². The van der Waals surface area contributed by atoms with Gasteiger partial charge in [-0.05, 0) is 44.0 Å². The molecule has 0 bridgehead atoms. The van der Waals surface area contributed by atoms with Gasteiger partial charge in [0.15, 0.2) is 5.78 Å². The van der Waals surface area contributed by atoms with E-state index < -0.39 is 5.97 Å². The number of furan rings is 1. The van der Waals surface area contributed by atoms with E-state index in [1.165, 1.54) is 6.26 Å². The number of nitrogens with zero attached hydrogens (tertiary/aromatic N) is 1. The molecule has 1 aliphatic heterocycles. The van der Waals surface area contributed by atoms with Crippen LogP contribution in [0.25, 0.3) is 0 Å². The van der Waals surface area contributed by atoms with Crippen LogP contribution < -0.4 is 4.74 Å². The predicted octanol–water partition coefficient (Wildman–Crippen LogP) is 2.96. The number of carbonyl (C=O) groups excluding carboxylic acids is 2. The minimum atomic E-state index is -1.05. The Morgan fingerprint density at radius 2 is 1.82 bits per heavy atom. The molecule has 2 aromatic rings. The molecule has 0 spiro atoms. The number of carboxylic acids is 1. The maximum Gasteiger partial charge on any atom is 0.311 e. The molecule has 0 atom stereocenters. The number of ketones is 1. The summed E-state index contributed by atoms with van der Waals surface area (Å²) in [4.78, 5) is 38.2. The average molecular weight is 385 g/mol. The molecule has 148 valence electrons. The molecular formula is C21H23NO6. The van der Waals surface area contributed by atoms with Crippen molar-refractivity contribution >= 4 is 17.7 Å². The Balaban J connectivity index is 1.65. The zero-order valence-electron chi connectivity index (χ0n) is 15.9. The van der Waals surface area contributed by atoms with Crippen molar-refractivity contribution in [1.82, 2.24) is 4.90 Å². The molecule has 1 amide bonds. The number of piperidine rings is 1. The molecule has 1 aliphatic rings. The first-order chi connectivity index (χ1) is 13.4. The Morgan fingerprint density at radius 1 is 1.18 bits per heavy atom. The Labute approximate surface area is 162 Å². The number of ether oxygens (including phenoxy) is 1. The number of rotatable bonds is 6. The molecule has 1 aromatic carbocycles. The van der Waals surface area contributed by atoms with Crippen molar-refractivity contribution in [2.24, 2.45) is 5.92 Å². The zero-order chi connectivity index (χ0) is 20.3. The maximum absolute atomic E-state index is 12.9. The Bertz CT molecular complexity index is 875. The zero-order valence-corrected chi connectivity index (χ0v) is 15.9. The van der Waals surface area contributed by atoms with Gasteiger partial charge in [0, 0.05) is 30.1 Å². The van der Waals surface area contributed by atoms with E-state index in [-0.39, 0.29) is 29.8 Å². The molecule has 0 saturated carbocycles. The molecule has 0 aliphatic carbocycles. The fourth-order valence-electron chi connectivity index (χ4n) is 3.55. The molecular weight excluding hydrogens is 362 g/mol. The number of carbonyl (C=O) groups is 3. The highest BCUT2D eigenvalue weighted by Crippen LogP contribution is 2.26. The van der Waals surface area contributed by atoms with Crippen molar-refractivity contribution in [3.63, 3.8) is 0 Å². The molecule has 1 saturated heterocycles. The Kier molecular flexibility index (Phi) is 5.82. The van der Waals surface area contributed by atoms with E-state index >= 15 is 0 Å². The van der Waals surface area contributed by atoms with Gasteiger partial charge < -0.3 is 19.2 Å². The summed E-state index contributed by atoms with van der Waals surface area (Å²) in [6, 6.07) is 7.03. The fourth-order valence-corrected chi connectivity index (χ4v) is 3.55. The minimum Gasteiger partial charge on any atom is -0.497 e. The quantitative estimate of drug-likeness (QED) is 0.768. The van der Waals surface area contributed by atoms with E-state index in [1.807, 2.05) is 0 Å². The van der Waals surface area contributed by atoms with Crippen molar-refractivity contribution in [2.75, 3.05) is 20.2 Å². The minimum absolute atomic E-state index is 0.0702. The number of aliphatic carboxylic acids is 1. The van der Waals surface area contributed by atoms with E-state index in [0.29, 0.717) is 48.4 Å². The molecule has 0 unspecified atom stereocenters. The Morgan fingerprint density at radius 3 is 2.39 bits per heavy atom. The van der Waals surface area contributed by atoms with Gasteiger partial charge in [-0.1, -0.05) is 0 Å². The second-order valence-electron chi connectivity index (χ2n) is 6.95. The molecule has 2 heterocycles. The molecule has 7 heteroatoms. The molecule has 1 aromatic heterocycles. The summed E-state index contributed by atoms with van der Waals surface area (Å²) in [6.45, 7) is 2.62. The summed E-state index contributed by atoms with van der Waals surface area (Å²) in [5.41, 5.74) is 1.58. The second kappa shape index (κ2) is 8.29. The lowest BCUT2D eigenvalue weighted by molar-refractivity contribution is -0.136. The number of Topliss-reactive ketones (excluding diaryl/α,β-unsaturated/α-hetero) is 1. The first-order valence-corrected chi connectivity index (χ1v) is 9.17. The van der Waals surface area contributed by atoms with Gasteiger partial charge >= 0.3 is 5.97 Å².